The number of amides is 1. The Hall–Kier alpha value is -1.26. The first-order chi connectivity index (χ1) is 12.7. The molecule has 5 nitrogen and oxygen atoms in total. The number of unbranched alkanes of at least 4 members (excludes halogenated alkanes) is 8. The molecule has 1 atom stereocenters. The molecule has 1 heterocycles. The van der Waals surface area contributed by atoms with Crippen LogP contribution in [0.2, 0.25) is 0 Å². The highest BCUT2D eigenvalue weighted by Gasteiger charge is 2.34. The van der Waals surface area contributed by atoms with Gasteiger partial charge in [-0.2, -0.15) is 0 Å². The lowest BCUT2D eigenvalue weighted by Crippen LogP contribution is -2.49. The second-order valence-electron chi connectivity index (χ2n) is 7.32. The molecule has 1 rings (SSSR count). The minimum atomic E-state index is -0.466. The molecule has 0 N–H and O–H groups in total. The molecule has 1 aliphatic rings. The Morgan fingerprint density at radius 2 is 1.38 bits per heavy atom. The minimum absolute atomic E-state index is 0.266. The summed E-state index contributed by atoms with van der Waals surface area (Å²) in [5, 5.41) is 0. The first-order valence-corrected chi connectivity index (χ1v) is 10.8. The molecule has 0 aromatic carbocycles. The van der Waals surface area contributed by atoms with Crippen LogP contribution in [0.25, 0.3) is 0 Å². The van der Waals surface area contributed by atoms with Crippen molar-refractivity contribution >= 4 is 12.1 Å². The van der Waals surface area contributed by atoms with E-state index in [0.717, 1.165) is 51.4 Å². The molecule has 0 radical (unpaired) electrons. The number of carbonyl (C=O) groups excluding carboxylic acids is 2. The van der Waals surface area contributed by atoms with Crippen molar-refractivity contribution in [2.75, 3.05) is 19.8 Å². The molecule has 1 fully saturated rings. The molecule has 1 amide bonds. The van der Waals surface area contributed by atoms with E-state index in [9.17, 15) is 9.59 Å². The van der Waals surface area contributed by atoms with Gasteiger partial charge in [-0.05, 0) is 32.1 Å². The zero-order valence-corrected chi connectivity index (χ0v) is 17.0. The number of nitrogens with zero attached hydrogens (tertiary/aromatic N) is 1. The molecular formula is C21H39NO4. The summed E-state index contributed by atoms with van der Waals surface area (Å²) in [5.41, 5.74) is 0. The van der Waals surface area contributed by atoms with Crippen LogP contribution >= 0.6 is 0 Å². The van der Waals surface area contributed by atoms with Gasteiger partial charge in [0.2, 0.25) is 0 Å². The summed E-state index contributed by atoms with van der Waals surface area (Å²) in [4.78, 5) is 26.3. The van der Waals surface area contributed by atoms with Crippen molar-refractivity contribution in [1.82, 2.24) is 4.90 Å². The van der Waals surface area contributed by atoms with Crippen molar-refractivity contribution < 1.29 is 19.1 Å². The van der Waals surface area contributed by atoms with Gasteiger partial charge >= 0.3 is 12.1 Å². The third-order valence-corrected chi connectivity index (χ3v) is 4.98. The number of piperidine rings is 1. The maximum absolute atomic E-state index is 12.4. The molecule has 5 heteroatoms. The Morgan fingerprint density at radius 1 is 0.808 bits per heavy atom. The first-order valence-electron chi connectivity index (χ1n) is 10.8. The fraction of sp³-hybridized carbons (Fsp3) is 0.905. The SMILES string of the molecule is CCCCCCCCOC(=O)N1CCCCC1C(=O)OCCCCCC. The molecule has 152 valence electrons. The maximum atomic E-state index is 12.4. The average Bonchev–Trinajstić information content (AvgIpc) is 2.66. The Bertz CT molecular complexity index is 386. The van der Waals surface area contributed by atoms with E-state index in [1.165, 1.54) is 25.7 Å². The summed E-state index contributed by atoms with van der Waals surface area (Å²) >= 11 is 0. The summed E-state index contributed by atoms with van der Waals surface area (Å²) in [6.45, 7) is 5.84. The highest BCUT2D eigenvalue weighted by atomic mass is 16.6. The van der Waals surface area contributed by atoms with Crippen molar-refractivity contribution in [3.8, 4) is 0 Å². The summed E-state index contributed by atoms with van der Waals surface area (Å²) in [5.74, 6) is -0.266. The summed E-state index contributed by atoms with van der Waals surface area (Å²) < 4.78 is 10.8. The Balaban J connectivity index is 2.27. The number of likely N-dealkylation sites (tertiary alicyclic amines) is 1. The molecule has 1 aliphatic heterocycles. The molecule has 0 saturated carbocycles. The van der Waals surface area contributed by atoms with E-state index in [0.29, 0.717) is 26.2 Å². The lowest BCUT2D eigenvalue weighted by Gasteiger charge is -2.33. The second-order valence-corrected chi connectivity index (χ2v) is 7.32. The molecule has 1 unspecified atom stereocenters. The fourth-order valence-electron chi connectivity index (χ4n) is 3.32. The molecular weight excluding hydrogens is 330 g/mol. The maximum Gasteiger partial charge on any atom is 0.410 e. The van der Waals surface area contributed by atoms with Crippen LogP contribution in [0.5, 0.6) is 0 Å². The molecule has 26 heavy (non-hydrogen) atoms. The van der Waals surface area contributed by atoms with Crippen molar-refractivity contribution in [3.63, 3.8) is 0 Å². The third-order valence-electron chi connectivity index (χ3n) is 4.98. The van der Waals surface area contributed by atoms with E-state index in [1.54, 1.807) is 4.90 Å². The van der Waals surface area contributed by atoms with Crippen molar-refractivity contribution in [1.29, 1.82) is 0 Å². The van der Waals surface area contributed by atoms with Crippen LogP contribution in [0.15, 0.2) is 0 Å². The van der Waals surface area contributed by atoms with Gasteiger partial charge in [-0.3, -0.25) is 4.90 Å². The number of hydrogen-bond donors (Lipinski definition) is 0. The van der Waals surface area contributed by atoms with Gasteiger partial charge in [0.05, 0.1) is 13.2 Å². The van der Waals surface area contributed by atoms with Gasteiger partial charge in [0.25, 0.3) is 0 Å². The summed E-state index contributed by atoms with van der Waals surface area (Å²) in [6, 6.07) is -0.466. The topological polar surface area (TPSA) is 55.8 Å². The highest BCUT2D eigenvalue weighted by Crippen LogP contribution is 2.19. The number of rotatable bonds is 13. The lowest BCUT2D eigenvalue weighted by molar-refractivity contribution is -0.150. The van der Waals surface area contributed by atoms with Gasteiger partial charge in [-0.1, -0.05) is 65.2 Å². The van der Waals surface area contributed by atoms with Crippen molar-refractivity contribution in [2.45, 2.75) is 103 Å². The lowest BCUT2D eigenvalue weighted by atomic mass is 10.0. The van der Waals surface area contributed by atoms with E-state index in [4.69, 9.17) is 9.47 Å². The van der Waals surface area contributed by atoms with Crippen LogP contribution in [-0.2, 0) is 14.3 Å². The number of carbonyl (C=O) groups is 2. The second kappa shape index (κ2) is 14.9. The summed E-state index contributed by atoms with van der Waals surface area (Å²) in [6.07, 6.45) is 13.5. The van der Waals surface area contributed by atoms with Crippen molar-refractivity contribution in [2.24, 2.45) is 0 Å². The van der Waals surface area contributed by atoms with Crippen LogP contribution in [-0.4, -0.2) is 42.8 Å². The Labute approximate surface area is 159 Å². The van der Waals surface area contributed by atoms with E-state index in [2.05, 4.69) is 13.8 Å². The van der Waals surface area contributed by atoms with Crippen molar-refractivity contribution in [3.05, 3.63) is 0 Å². The van der Waals surface area contributed by atoms with E-state index >= 15 is 0 Å². The zero-order chi connectivity index (χ0) is 19.0. The molecule has 0 bridgehead atoms. The van der Waals surface area contributed by atoms with Crippen LogP contribution < -0.4 is 0 Å². The van der Waals surface area contributed by atoms with E-state index in [-0.39, 0.29) is 12.1 Å². The molecule has 1 saturated heterocycles. The quantitative estimate of drug-likeness (QED) is 0.319. The third kappa shape index (κ3) is 9.44. The van der Waals surface area contributed by atoms with Gasteiger partial charge in [0, 0.05) is 6.54 Å². The first kappa shape index (κ1) is 22.8. The van der Waals surface area contributed by atoms with Crippen LogP contribution in [0.4, 0.5) is 4.79 Å². The van der Waals surface area contributed by atoms with Gasteiger partial charge in [-0.15, -0.1) is 0 Å². The normalized spacial score (nSPS) is 17.2. The number of hydrogen-bond acceptors (Lipinski definition) is 4. The zero-order valence-electron chi connectivity index (χ0n) is 17.0. The Kier molecular flexibility index (Phi) is 13.0. The van der Waals surface area contributed by atoms with Crippen LogP contribution in [0.1, 0.15) is 97.3 Å². The summed E-state index contributed by atoms with van der Waals surface area (Å²) in [7, 11) is 0. The number of esters is 1. The predicted molar refractivity (Wildman–Crippen MR) is 104 cm³/mol. The predicted octanol–water partition coefficient (Wildman–Crippen LogP) is 5.46. The van der Waals surface area contributed by atoms with Gasteiger partial charge in [0.15, 0.2) is 0 Å². The van der Waals surface area contributed by atoms with Crippen LogP contribution in [0.3, 0.4) is 0 Å². The standard InChI is InChI=1S/C21H39NO4/c1-3-5-7-9-10-14-18-26-21(24)22-16-12-11-15-19(22)20(23)25-17-13-8-6-4-2/h19H,3-18H2,1-2H3. The number of ether oxygens (including phenoxy) is 2. The van der Waals surface area contributed by atoms with E-state index < -0.39 is 6.04 Å². The van der Waals surface area contributed by atoms with Gasteiger partial charge in [0.1, 0.15) is 6.04 Å². The molecule has 0 aliphatic carbocycles. The molecule has 0 aromatic rings. The largest absolute Gasteiger partial charge is 0.464 e. The smallest absolute Gasteiger partial charge is 0.410 e. The van der Waals surface area contributed by atoms with Crippen LogP contribution in [0, 0.1) is 0 Å². The molecule has 0 spiro atoms. The fourth-order valence-corrected chi connectivity index (χ4v) is 3.32. The van der Waals surface area contributed by atoms with Gasteiger partial charge < -0.3 is 9.47 Å². The van der Waals surface area contributed by atoms with Gasteiger partial charge in [-0.25, -0.2) is 9.59 Å². The Morgan fingerprint density at radius 3 is 2.08 bits per heavy atom. The monoisotopic (exact) mass is 369 g/mol. The van der Waals surface area contributed by atoms with E-state index in [1.807, 2.05) is 0 Å². The minimum Gasteiger partial charge on any atom is -0.464 e. The highest BCUT2D eigenvalue weighted by molar-refractivity contribution is 5.81. The average molecular weight is 370 g/mol. The molecule has 0 aromatic heterocycles.